The molecule has 2 aliphatic heterocycles. The number of rotatable bonds is 4. The maximum Gasteiger partial charge on any atom is 0.270 e. The van der Waals surface area contributed by atoms with Crippen LogP contribution in [0.3, 0.4) is 0 Å². The molecule has 2 aliphatic rings. The number of pyridine rings is 1. The van der Waals surface area contributed by atoms with E-state index in [0.29, 0.717) is 59.0 Å². The first-order chi connectivity index (χ1) is 13.4. The van der Waals surface area contributed by atoms with E-state index in [1.807, 2.05) is 13.0 Å². The molecule has 148 valence electrons. The number of ether oxygens (including phenoxy) is 1. The molecule has 0 atom stereocenters. The molecule has 0 spiro atoms. The first-order valence-corrected chi connectivity index (χ1v) is 10.3. The van der Waals surface area contributed by atoms with Crippen LogP contribution in [0.15, 0.2) is 9.70 Å². The molecule has 3 rings (SSSR count). The lowest BCUT2D eigenvalue weighted by Crippen LogP contribution is -2.40. The van der Waals surface area contributed by atoms with Crippen LogP contribution in [0.5, 0.6) is 0 Å². The van der Waals surface area contributed by atoms with Crippen LogP contribution in [0.1, 0.15) is 30.0 Å². The quantitative estimate of drug-likeness (QED) is 0.547. The van der Waals surface area contributed by atoms with Gasteiger partial charge < -0.3 is 9.64 Å². The molecule has 0 bridgehead atoms. The largest absolute Gasteiger partial charge is 0.378 e. The van der Waals surface area contributed by atoms with E-state index in [2.05, 4.69) is 4.90 Å². The fourth-order valence-corrected chi connectivity index (χ4v) is 4.71. The van der Waals surface area contributed by atoms with Crippen molar-refractivity contribution in [3.8, 4) is 6.07 Å². The van der Waals surface area contributed by atoms with Gasteiger partial charge in [0, 0.05) is 32.2 Å². The van der Waals surface area contributed by atoms with Crippen molar-refractivity contribution in [1.82, 2.24) is 9.47 Å². The van der Waals surface area contributed by atoms with Crippen LogP contribution in [0, 0.1) is 18.3 Å². The average molecular weight is 419 g/mol. The summed E-state index contributed by atoms with van der Waals surface area (Å²) in [4.78, 5) is 29.7. The zero-order chi connectivity index (χ0) is 20.4. The molecule has 1 aromatic heterocycles. The van der Waals surface area contributed by atoms with Gasteiger partial charge in [0.1, 0.15) is 21.8 Å². The van der Waals surface area contributed by atoms with E-state index in [4.69, 9.17) is 17.0 Å². The van der Waals surface area contributed by atoms with Crippen molar-refractivity contribution in [2.75, 3.05) is 37.7 Å². The topological polar surface area (TPSA) is 78.6 Å². The Morgan fingerprint density at radius 1 is 1.32 bits per heavy atom. The SMILES string of the molecule is CCCN1C(=O)C(=Cc2c(C)c(C#N)c(=O)n(C)c2N2CCOCC2)SC1=S. The van der Waals surface area contributed by atoms with Crippen LogP contribution >= 0.6 is 24.0 Å². The van der Waals surface area contributed by atoms with E-state index in [-0.39, 0.29) is 17.0 Å². The highest BCUT2D eigenvalue weighted by Crippen LogP contribution is 2.35. The van der Waals surface area contributed by atoms with Crippen LogP contribution < -0.4 is 10.5 Å². The Morgan fingerprint density at radius 2 is 2.00 bits per heavy atom. The molecule has 0 saturated carbocycles. The smallest absolute Gasteiger partial charge is 0.270 e. The zero-order valence-electron chi connectivity index (χ0n) is 16.2. The van der Waals surface area contributed by atoms with Gasteiger partial charge in [0.2, 0.25) is 0 Å². The van der Waals surface area contributed by atoms with Crippen LogP contribution in [-0.2, 0) is 16.6 Å². The zero-order valence-corrected chi connectivity index (χ0v) is 17.8. The lowest BCUT2D eigenvalue weighted by atomic mass is 10.0. The second kappa shape index (κ2) is 8.47. The molecule has 2 saturated heterocycles. The molecule has 0 aliphatic carbocycles. The molecule has 28 heavy (non-hydrogen) atoms. The minimum absolute atomic E-state index is 0.0924. The van der Waals surface area contributed by atoms with E-state index in [9.17, 15) is 14.9 Å². The number of carbonyl (C=O) groups is 1. The van der Waals surface area contributed by atoms with Gasteiger partial charge in [-0.1, -0.05) is 30.9 Å². The van der Waals surface area contributed by atoms with Gasteiger partial charge in [0.25, 0.3) is 11.5 Å². The van der Waals surface area contributed by atoms with Crippen molar-refractivity contribution in [3.63, 3.8) is 0 Å². The summed E-state index contributed by atoms with van der Waals surface area (Å²) in [5, 5.41) is 9.50. The summed E-state index contributed by atoms with van der Waals surface area (Å²) in [6.45, 7) is 6.72. The predicted octanol–water partition coefficient (Wildman–Crippen LogP) is 2.01. The van der Waals surface area contributed by atoms with Crippen LogP contribution in [0.2, 0.25) is 0 Å². The lowest BCUT2D eigenvalue weighted by Gasteiger charge is -2.32. The Labute approximate surface area is 173 Å². The van der Waals surface area contributed by atoms with Gasteiger partial charge in [-0.05, 0) is 25.0 Å². The molecular formula is C19H22N4O3S2. The number of hydrogen-bond acceptors (Lipinski definition) is 7. The van der Waals surface area contributed by atoms with Gasteiger partial charge in [-0.15, -0.1) is 0 Å². The fraction of sp³-hybridized carbons (Fsp3) is 0.474. The normalized spacial score (nSPS) is 18.9. The Kier molecular flexibility index (Phi) is 6.23. The number of morpholine rings is 1. The van der Waals surface area contributed by atoms with Crippen molar-refractivity contribution >= 4 is 46.1 Å². The molecule has 7 nitrogen and oxygen atoms in total. The van der Waals surface area contributed by atoms with Crippen molar-refractivity contribution in [3.05, 3.63) is 31.9 Å². The number of anilines is 1. The van der Waals surface area contributed by atoms with Gasteiger partial charge in [-0.2, -0.15) is 5.26 Å². The highest BCUT2D eigenvalue weighted by molar-refractivity contribution is 8.26. The van der Waals surface area contributed by atoms with Gasteiger partial charge in [0.05, 0.1) is 18.1 Å². The molecule has 1 amide bonds. The molecule has 3 heterocycles. The van der Waals surface area contributed by atoms with E-state index >= 15 is 0 Å². The van der Waals surface area contributed by atoms with E-state index < -0.39 is 0 Å². The van der Waals surface area contributed by atoms with Gasteiger partial charge >= 0.3 is 0 Å². The van der Waals surface area contributed by atoms with Gasteiger partial charge in [0.15, 0.2) is 0 Å². The number of nitrogens with zero attached hydrogens (tertiary/aromatic N) is 4. The number of amides is 1. The van der Waals surface area contributed by atoms with E-state index in [0.717, 1.165) is 6.42 Å². The average Bonchev–Trinajstić information content (AvgIpc) is 2.95. The van der Waals surface area contributed by atoms with Crippen molar-refractivity contribution in [2.24, 2.45) is 7.05 Å². The molecule has 0 N–H and O–H groups in total. The predicted molar refractivity (Wildman–Crippen MR) is 114 cm³/mol. The molecule has 2 fully saturated rings. The monoisotopic (exact) mass is 418 g/mol. The van der Waals surface area contributed by atoms with Crippen LogP contribution in [0.25, 0.3) is 6.08 Å². The molecule has 9 heteroatoms. The Bertz CT molecular complexity index is 955. The number of carbonyl (C=O) groups excluding carboxylic acids is 1. The molecule has 0 radical (unpaired) electrons. The maximum atomic E-state index is 12.8. The minimum Gasteiger partial charge on any atom is -0.378 e. The summed E-state index contributed by atoms with van der Waals surface area (Å²) in [5.41, 5.74) is 1.04. The molecule has 0 aromatic carbocycles. The minimum atomic E-state index is -0.336. The summed E-state index contributed by atoms with van der Waals surface area (Å²) >= 11 is 6.61. The third-order valence-corrected chi connectivity index (χ3v) is 6.25. The summed E-state index contributed by atoms with van der Waals surface area (Å²) in [7, 11) is 1.66. The highest BCUT2D eigenvalue weighted by Gasteiger charge is 2.32. The summed E-state index contributed by atoms with van der Waals surface area (Å²) in [6.07, 6.45) is 2.59. The second-order valence-corrected chi connectivity index (χ2v) is 8.32. The second-order valence-electron chi connectivity index (χ2n) is 6.65. The fourth-order valence-electron chi connectivity index (χ4n) is 3.42. The van der Waals surface area contributed by atoms with E-state index in [1.165, 1.54) is 16.3 Å². The number of thiocarbonyl (C=S) groups is 1. The Morgan fingerprint density at radius 3 is 2.61 bits per heavy atom. The maximum absolute atomic E-state index is 12.8. The van der Waals surface area contributed by atoms with Crippen molar-refractivity contribution in [2.45, 2.75) is 20.3 Å². The summed E-state index contributed by atoms with van der Waals surface area (Å²) < 4.78 is 7.46. The van der Waals surface area contributed by atoms with Gasteiger partial charge in [-0.25, -0.2) is 0 Å². The van der Waals surface area contributed by atoms with Crippen molar-refractivity contribution < 1.29 is 9.53 Å². The number of hydrogen-bond donors (Lipinski definition) is 0. The first-order valence-electron chi connectivity index (χ1n) is 9.12. The van der Waals surface area contributed by atoms with Crippen LogP contribution in [-0.4, -0.2) is 52.5 Å². The molecular weight excluding hydrogens is 396 g/mol. The lowest BCUT2D eigenvalue weighted by molar-refractivity contribution is -0.122. The third kappa shape index (κ3) is 3.60. The molecule has 1 aromatic rings. The highest BCUT2D eigenvalue weighted by atomic mass is 32.2. The summed E-state index contributed by atoms with van der Waals surface area (Å²) in [5.74, 6) is 0.571. The number of nitriles is 1. The van der Waals surface area contributed by atoms with Gasteiger partial charge in [-0.3, -0.25) is 19.1 Å². The first kappa shape index (κ1) is 20.6. The molecule has 0 unspecified atom stereocenters. The third-order valence-electron chi connectivity index (χ3n) is 4.87. The number of aromatic nitrogens is 1. The van der Waals surface area contributed by atoms with E-state index in [1.54, 1.807) is 24.9 Å². The Hall–Kier alpha value is -2.15. The summed E-state index contributed by atoms with van der Waals surface area (Å²) in [6, 6.07) is 2.02. The Balaban J connectivity index is 2.18. The number of thioether (sulfide) groups is 1. The van der Waals surface area contributed by atoms with Crippen molar-refractivity contribution in [1.29, 1.82) is 5.26 Å². The van der Waals surface area contributed by atoms with Crippen LogP contribution in [0.4, 0.5) is 5.82 Å². The standard InChI is InChI=1S/C19H22N4O3S2/c1-4-5-23-18(25)15(28-19(23)27)10-13-12(2)14(11-20)17(24)21(3)16(13)22-6-8-26-9-7-22/h10H,4-9H2,1-3H3.